The number of aromatic nitrogens is 1. The Hall–Kier alpha value is -2.36. The quantitative estimate of drug-likeness (QED) is 0.813. The molecule has 0 bridgehead atoms. The van der Waals surface area contributed by atoms with E-state index in [1.54, 1.807) is 7.11 Å². The number of aryl methyl sites for hydroxylation is 1. The first-order valence-electron chi connectivity index (χ1n) is 9.47. The largest absolute Gasteiger partial charge is 0.496 e. The van der Waals surface area contributed by atoms with Crippen molar-refractivity contribution in [3.63, 3.8) is 0 Å². The van der Waals surface area contributed by atoms with Crippen molar-refractivity contribution in [3.05, 3.63) is 58.9 Å². The molecular weight excluding hydrogens is 324 g/mol. The Labute approximate surface area is 156 Å². The summed E-state index contributed by atoms with van der Waals surface area (Å²) in [4.78, 5) is 18.7. The Morgan fingerprint density at radius 1 is 1.23 bits per heavy atom. The molecule has 1 aliphatic rings. The van der Waals surface area contributed by atoms with Gasteiger partial charge in [0.05, 0.1) is 7.11 Å². The molecule has 1 saturated heterocycles. The molecule has 2 heterocycles. The van der Waals surface area contributed by atoms with Gasteiger partial charge in [-0.15, -0.1) is 0 Å². The van der Waals surface area contributed by atoms with E-state index in [2.05, 4.69) is 25.1 Å². The summed E-state index contributed by atoms with van der Waals surface area (Å²) in [5, 5.41) is 0. The minimum atomic E-state index is 0.262. The second kappa shape index (κ2) is 8.35. The van der Waals surface area contributed by atoms with Gasteiger partial charge in [-0.1, -0.05) is 25.1 Å². The summed E-state index contributed by atoms with van der Waals surface area (Å²) in [6, 6.07) is 12.6. The van der Waals surface area contributed by atoms with Crippen molar-refractivity contribution in [2.24, 2.45) is 0 Å². The highest BCUT2D eigenvalue weighted by Gasteiger charge is 2.24. The molecule has 0 saturated carbocycles. The number of nitrogens with zero attached hydrogens (tertiary/aromatic N) is 2. The van der Waals surface area contributed by atoms with Crippen molar-refractivity contribution in [3.8, 4) is 5.75 Å². The van der Waals surface area contributed by atoms with Gasteiger partial charge in [-0.25, -0.2) is 0 Å². The van der Waals surface area contributed by atoms with Crippen molar-refractivity contribution in [1.29, 1.82) is 0 Å². The minimum absolute atomic E-state index is 0.262. The van der Waals surface area contributed by atoms with E-state index in [1.807, 2.05) is 30.0 Å². The number of benzene rings is 1. The van der Waals surface area contributed by atoms with Crippen LogP contribution in [0, 0.1) is 6.92 Å². The lowest BCUT2D eigenvalue weighted by molar-refractivity contribution is -0.131. The topological polar surface area (TPSA) is 42.4 Å². The maximum absolute atomic E-state index is 11.9. The Morgan fingerprint density at radius 2 is 1.96 bits per heavy atom. The normalized spacial score (nSPS) is 15.1. The summed E-state index contributed by atoms with van der Waals surface area (Å²) in [5.41, 5.74) is 4.68. The molecule has 0 unspecified atom stereocenters. The molecule has 2 aromatic rings. The van der Waals surface area contributed by atoms with Gasteiger partial charge in [-0.3, -0.25) is 9.78 Å². The molecule has 4 nitrogen and oxygen atoms in total. The Balaban J connectivity index is 1.75. The van der Waals surface area contributed by atoms with Crippen molar-refractivity contribution in [2.45, 2.75) is 45.4 Å². The molecule has 0 spiro atoms. The summed E-state index contributed by atoms with van der Waals surface area (Å²) in [6.07, 6.45) is 3.43. The van der Waals surface area contributed by atoms with E-state index in [0.717, 1.165) is 43.8 Å². The predicted octanol–water partition coefficient (Wildman–Crippen LogP) is 4.11. The number of para-hydroxylation sites is 1. The minimum Gasteiger partial charge on any atom is -0.496 e. The first-order valence-corrected chi connectivity index (χ1v) is 9.47. The van der Waals surface area contributed by atoms with Gasteiger partial charge in [0.25, 0.3) is 0 Å². The standard InChI is InChI=1S/C22H28N2O2/c1-4-22(25)24-11-9-18(10-12-24)20-15-17(13-16(2)23-20)14-19-7-5-6-8-21(19)26-3/h5-8,13,15,18H,4,9-12,14H2,1-3H3. The molecule has 0 atom stereocenters. The Kier molecular flexibility index (Phi) is 5.92. The number of pyridine rings is 1. The van der Waals surface area contributed by atoms with Crippen LogP contribution in [0.1, 0.15) is 54.6 Å². The molecule has 3 rings (SSSR count). The number of hydrogen-bond donors (Lipinski definition) is 0. The van der Waals surface area contributed by atoms with E-state index < -0.39 is 0 Å². The molecule has 0 N–H and O–H groups in total. The molecule has 26 heavy (non-hydrogen) atoms. The third kappa shape index (κ3) is 4.24. The van der Waals surface area contributed by atoms with Gasteiger partial charge in [0.2, 0.25) is 5.91 Å². The van der Waals surface area contributed by atoms with Crippen LogP contribution in [0.15, 0.2) is 36.4 Å². The molecule has 1 aliphatic heterocycles. The van der Waals surface area contributed by atoms with E-state index in [-0.39, 0.29) is 5.91 Å². The number of rotatable bonds is 5. The van der Waals surface area contributed by atoms with E-state index in [1.165, 1.54) is 16.8 Å². The highest BCUT2D eigenvalue weighted by atomic mass is 16.5. The van der Waals surface area contributed by atoms with Crippen molar-refractivity contribution < 1.29 is 9.53 Å². The monoisotopic (exact) mass is 352 g/mol. The number of amides is 1. The van der Waals surface area contributed by atoms with Crippen molar-refractivity contribution in [2.75, 3.05) is 20.2 Å². The summed E-state index contributed by atoms with van der Waals surface area (Å²) in [7, 11) is 1.72. The number of likely N-dealkylation sites (tertiary alicyclic amines) is 1. The van der Waals surface area contributed by atoms with Crippen LogP contribution in [-0.2, 0) is 11.2 Å². The third-order valence-corrected chi connectivity index (χ3v) is 5.19. The van der Waals surface area contributed by atoms with Gasteiger partial charge in [-0.05, 0) is 49.1 Å². The van der Waals surface area contributed by atoms with E-state index in [9.17, 15) is 4.79 Å². The molecule has 1 aromatic heterocycles. The van der Waals surface area contributed by atoms with Crippen LogP contribution in [0.4, 0.5) is 0 Å². The fraction of sp³-hybridized carbons (Fsp3) is 0.455. The van der Waals surface area contributed by atoms with Gasteiger partial charge in [0.15, 0.2) is 0 Å². The van der Waals surface area contributed by atoms with Crippen LogP contribution in [0.3, 0.4) is 0 Å². The molecule has 0 radical (unpaired) electrons. The van der Waals surface area contributed by atoms with Crippen molar-refractivity contribution >= 4 is 5.91 Å². The lowest BCUT2D eigenvalue weighted by Crippen LogP contribution is -2.37. The highest BCUT2D eigenvalue weighted by molar-refractivity contribution is 5.75. The maximum Gasteiger partial charge on any atom is 0.222 e. The second-order valence-corrected chi connectivity index (χ2v) is 7.04. The fourth-order valence-electron chi connectivity index (χ4n) is 3.80. The molecular formula is C22H28N2O2. The highest BCUT2D eigenvalue weighted by Crippen LogP contribution is 2.29. The van der Waals surface area contributed by atoms with Crippen LogP contribution in [0.5, 0.6) is 5.75 Å². The van der Waals surface area contributed by atoms with Crippen LogP contribution < -0.4 is 4.74 Å². The number of carbonyl (C=O) groups excluding carboxylic acids is 1. The number of hydrogen-bond acceptors (Lipinski definition) is 3. The zero-order valence-corrected chi connectivity index (χ0v) is 16.0. The smallest absolute Gasteiger partial charge is 0.222 e. The van der Waals surface area contributed by atoms with E-state index in [0.29, 0.717) is 12.3 Å². The van der Waals surface area contributed by atoms with E-state index in [4.69, 9.17) is 9.72 Å². The van der Waals surface area contributed by atoms with Gasteiger partial charge >= 0.3 is 0 Å². The van der Waals surface area contributed by atoms with Crippen LogP contribution >= 0.6 is 0 Å². The molecule has 1 fully saturated rings. The summed E-state index contributed by atoms with van der Waals surface area (Å²) in [6.45, 7) is 5.68. The Bertz CT molecular complexity index is 764. The van der Waals surface area contributed by atoms with Crippen molar-refractivity contribution in [1.82, 2.24) is 9.88 Å². The van der Waals surface area contributed by atoms with Gasteiger partial charge in [0, 0.05) is 43.2 Å². The summed E-state index contributed by atoms with van der Waals surface area (Å²) in [5.74, 6) is 1.62. The zero-order valence-electron chi connectivity index (χ0n) is 16.0. The molecule has 1 aromatic carbocycles. The van der Waals surface area contributed by atoms with Gasteiger partial charge < -0.3 is 9.64 Å². The molecule has 138 valence electrons. The lowest BCUT2D eigenvalue weighted by atomic mass is 9.91. The molecule has 1 amide bonds. The first-order chi connectivity index (χ1) is 12.6. The Morgan fingerprint density at radius 3 is 2.65 bits per heavy atom. The average Bonchev–Trinajstić information content (AvgIpc) is 2.67. The van der Waals surface area contributed by atoms with Crippen LogP contribution in [-0.4, -0.2) is 36.0 Å². The summed E-state index contributed by atoms with van der Waals surface area (Å²) < 4.78 is 5.49. The fourth-order valence-corrected chi connectivity index (χ4v) is 3.80. The van der Waals surface area contributed by atoms with Gasteiger partial charge in [-0.2, -0.15) is 0 Å². The second-order valence-electron chi connectivity index (χ2n) is 7.04. The number of ether oxygens (including phenoxy) is 1. The average molecular weight is 352 g/mol. The lowest BCUT2D eigenvalue weighted by Gasteiger charge is -2.32. The molecule has 4 heteroatoms. The summed E-state index contributed by atoms with van der Waals surface area (Å²) >= 11 is 0. The third-order valence-electron chi connectivity index (χ3n) is 5.19. The SMILES string of the molecule is CCC(=O)N1CCC(c2cc(Cc3ccccc3OC)cc(C)n2)CC1. The number of methoxy groups -OCH3 is 1. The van der Waals surface area contributed by atoms with Gasteiger partial charge in [0.1, 0.15) is 5.75 Å². The molecule has 0 aliphatic carbocycles. The van der Waals surface area contributed by atoms with Crippen LogP contribution in [0.2, 0.25) is 0 Å². The number of piperidine rings is 1. The number of carbonyl (C=O) groups is 1. The maximum atomic E-state index is 11.9. The van der Waals surface area contributed by atoms with E-state index >= 15 is 0 Å². The van der Waals surface area contributed by atoms with Crippen LogP contribution in [0.25, 0.3) is 0 Å². The zero-order chi connectivity index (χ0) is 18.5. The first kappa shape index (κ1) is 18.4. The predicted molar refractivity (Wildman–Crippen MR) is 104 cm³/mol.